The molecule has 3 rings (SSSR count). The van der Waals surface area contributed by atoms with Crippen LogP contribution in [0.15, 0.2) is 18.2 Å². The number of fused-ring (bicyclic) bond motifs is 1. The van der Waals surface area contributed by atoms with Gasteiger partial charge in [0.2, 0.25) is 5.95 Å². The van der Waals surface area contributed by atoms with Crippen molar-refractivity contribution in [2.75, 3.05) is 26.1 Å². The summed E-state index contributed by atoms with van der Waals surface area (Å²) in [6.07, 6.45) is 0.858. The second kappa shape index (κ2) is 5.20. The lowest BCUT2D eigenvalue weighted by molar-refractivity contribution is 0.297. The van der Waals surface area contributed by atoms with Gasteiger partial charge in [0.15, 0.2) is 17.3 Å². The zero-order valence-electron chi connectivity index (χ0n) is 11.0. The zero-order chi connectivity index (χ0) is 13.9. The van der Waals surface area contributed by atoms with Gasteiger partial charge >= 0.3 is 6.01 Å². The number of nitrogens with two attached hydrogens (primary N) is 1. The van der Waals surface area contributed by atoms with Crippen LogP contribution in [0.5, 0.6) is 17.5 Å². The van der Waals surface area contributed by atoms with E-state index in [1.54, 1.807) is 0 Å². The second-order valence-electron chi connectivity index (χ2n) is 4.22. The van der Waals surface area contributed by atoms with Gasteiger partial charge in [0.1, 0.15) is 0 Å². The van der Waals surface area contributed by atoms with Crippen LogP contribution >= 0.6 is 0 Å². The smallest absolute Gasteiger partial charge is 0.321 e. The topological polar surface area (TPSA) is 92.4 Å². The predicted molar refractivity (Wildman–Crippen MR) is 71.8 cm³/mol. The molecule has 104 valence electrons. The van der Waals surface area contributed by atoms with Gasteiger partial charge in [-0.2, -0.15) is 15.0 Å². The third-order valence-corrected chi connectivity index (χ3v) is 2.82. The van der Waals surface area contributed by atoms with E-state index < -0.39 is 0 Å². The van der Waals surface area contributed by atoms with Crippen LogP contribution in [0.2, 0.25) is 0 Å². The first-order valence-corrected chi connectivity index (χ1v) is 6.22. The van der Waals surface area contributed by atoms with E-state index in [1.165, 1.54) is 7.11 Å². The molecule has 0 spiro atoms. The van der Waals surface area contributed by atoms with Crippen LogP contribution in [0.3, 0.4) is 0 Å². The first-order chi connectivity index (χ1) is 9.76. The number of benzene rings is 1. The van der Waals surface area contributed by atoms with Gasteiger partial charge in [0.05, 0.1) is 20.3 Å². The third-order valence-electron chi connectivity index (χ3n) is 2.82. The minimum absolute atomic E-state index is 0.110. The summed E-state index contributed by atoms with van der Waals surface area (Å²) in [6.45, 7) is 1.28. The van der Waals surface area contributed by atoms with Crippen LogP contribution in [-0.2, 0) is 0 Å². The fourth-order valence-corrected chi connectivity index (χ4v) is 1.89. The molecule has 0 radical (unpaired) electrons. The monoisotopic (exact) mass is 274 g/mol. The summed E-state index contributed by atoms with van der Waals surface area (Å²) in [5.41, 5.74) is 6.40. The Balaban J connectivity index is 2.02. The minimum atomic E-state index is 0.110. The molecule has 0 saturated carbocycles. The van der Waals surface area contributed by atoms with E-state index in [1.807, 2.05) is 18.2 Å². The molecule has 0 amide bonds. The van der Waals surface area contributed by atoms with Gasteiger partial charge < -0.3 is 19.9 Å². The Bertz CT molecular complexity index is 633. The molecule has 0 unspecified atom stereocenters. The molecule has 0 bridgehead atoms. The quantitative estimate of drug-likeness (QED) is 0.882. The molecule has 1 aromatic carbocycles. The summed E-state index contributed by atoms with van der Waals surface area (Å²) < 4.78 is 16.2. The van der Waals surface area contributed by atoms with E-state index in [0.717, 1.165) is 17.7 Å². The highest BCUT2D eigenvalue weighted by Gasteiger charge is 2.14. The number of aromatic nitrogens is 3. The number of rotatable bonds is 2. The third kappa shape index (κ3) is 2.42. The number of nitrogen functional groups attached to an aromatic ring is 1. The minimum Gasteiger partial charge on any atom is -0.490 e. The lowest BCUT2D eigenvalue weighted by Crippen LogP contribution is -2.02. The number of anilines is 1. The van der Waals surface area contributed by atoms with Gasteiger partial charge in [-0.1, -0.05) is 0 Å². The van der Waals surface area contributed by atoms with Gasteiger partial charge in [-0.3, -0.25) is 0 Å². The van der Waals surface area contributed by atoms with E-state index in [0.29, 0.717) is 24.8 Å². The maximum Gasteiger partial charge on any atom is 0.321 e. The van der Waals surface area contributed by atoms with Crippen LogP contribution in [0, 0.1) is 0 Å². The Morgan fingerprint density at radius 1 is 1.10 bits per heavy atom. The highest BCUT2D eigenvalue weighted by atomic mass is 16.5. The van der Waals surface area contributed by atoms with E-state index >= 15 is 0 Å². The molecule has 2 N–H and O–H groups in total. The maximum atomic E-state index is 5.64. The molecule has 2 aromatic rings. The van der Waals surface area contributed by atoms with Crippen molar-refractivity contribution in [2.45, 2.75) is 6.42 Å². The van der Waals surface area contributed by atoms with E-state index in [9.17, 15) is 0 Å². The van der Waals surface area contributed by atoms with Gasteiger partial charge in [-0.05, 0) is 18.2 Å². The summed E-state index contributed by atoms with van der Waals surface area (Å²) in [4.78, 5) is 12.1. The molecule has 0 atom stereocenters. The molecule has 1 aliphatic rings. The average molecular weight is 274 g/mol. The average Bonchev–Trinajstić information content (AvgIpc) is 2.70. The first-order valence-electron chi connectivity index (χ1n) is 6.22. The van der Waals surface area contributed by atoms with E-state index in [2.05, 4.69) is 15.0 Å². The summed E-state index contributed by atoms with van der Waals surface area (Å²) in [5, 5.41) is 0. The van der Waals surface area contributed by atoms with Crippen molar-refractivity contribution in [3.8, 4) is 28.9 Å². The lowest BCUT2D eigenvalue weighted by Gasteiger charge is -2.09. The van der Waals surface area contributed by atoms with Crippen molar-refractivity contribution < 1.29 is 14.2 Å². The van der Waals surface area contributed by atoms with Crippen molar-refractivity contribution in [1.29, 1.82) is 0 Å². The molecule has 0 aliphatic carbocycles. The van der Waals surface area contributed by atoms with Crippen LogP contribution in [0.25, 0.3) is 11.4 Å². The highest BCUT2D eigenvalue weighted by Crippen LogP contribution is 2.33. The molecule has 1 aliphatic heterocycles. The van der Waals surface area contributed by atoms with Crippen molar-refractivity contribution >= 4 is 5.95 Å². The SMILES string of the molecule is COc1nc(N)nc(-c2ccc3c(c2)OCCCO3)n1. The molecule has 1 aromatic heterocycles. The molecular weight excluding hydrogens is 260 g/mol. The van der Waals surface area contributed by atoms with E-state index in [4.69, 9.17) is 19.9 Å². The zero-order valence-corrected chi connectivity index (χ0v) is 11.0. The summed E-state index contributed by atoms with van der Waals surface area (Å²) in [7, 11) is 1.48. The van der Waals surface area contributed by atoms with Crippen molar-refractivity contribution in [3.05, 3.63) is 18.2 Å². The summed E-state index contributed by atoms with van der Waals surface area (Å²) in [5.74, 6) is 1.95. The fraction of sp³-hybridized carbons (Fsp3) is 0.308. The molecule has 0 saturated heterocycles. The Kier molecular flexibility index (Phi) is 3.24. The number of nitrogens with zero attached hydrogens (tertiary/aromatic N) is 3. The Hall–Kier alpha value is -2.57. The second-order valence-corrected chi connectivity index (χ2v) is 4.22. The molecule has 2 heterocycles. The number of methoxy groups -OCH3 is 1. The van der Waals surface area contributed by atoms with E-state index in [-0.39, 0.29) is 12.0 Å². The fourth-order valence-electron chi connectivity index (χ4n) is 1.89. The van der Waals surface area contributed by atoms with Crippen molar-refractivity contribution in [2.24, 2.45) is 0 Å². The Labute approximate surface area is 115 Å². The Morgan fingerprint density at radius 3 is 2.70 bits per heavy atom. The number of ether oxygens (including phenoxy) is 3. The molecular formula is C13H14N4O3. The highest BCUT2D eigenvalue weighted by molar-refractivity contribution is 5.62. The van der Waals surface area contributed by atoms with Crippen LogP contribution in [-0.4, -0.2) is 35.3 Å². The van der Waals surface area contributed by atoms with Crippen molar-refractivity contribution in [1.82, 2.24) is 15.0 Å². The predicted octanol–water partition coefficient (Wildman–Crippen LogP) is 1.29. The van der Waals surface area contributed by atoms with Gasteiger partial charge in [-0.15, -0.1) is 0 Å². The van der Waals surface area contributed by atoms with Crippen LogP contribution in [0.4, 0.5) is 5.95 Å². The number of hydrogen-bond acceptors (Lipinski definition) is 7. The largest absolute Gasteiger partial charge is 0.490 e. The van der Waals surface area contributed by atoms with Gasteiger partial charge in [-0.25, -0.2) is 0 Å². The molecule has 7 nitrogen and oxygen atoms in total. The van der Waals surface area contributed by atoms with Crippen LogP contribution in [0.1, 0.15) is 6.42 Å². The van der Waals surface area contributed by atoms with Crippen LogP contribution < -0.4 is 19.9 Å². The maximum absolute atomic E-state index is 5.64. The summed E-state index contributed by atoms with van der Waals surface area (Å²) in [6, 6.07) is 5.69. The molecule has 0 fully saturated rings. The normalized spacial score (nSPS) is 13.7. The molecule has 20 heavy (non-hydrogen) atoms. The lowest BCUT2D eigenvalue weighted by atomic mass is 10.2. The summed E-state index contributed by atoms with van der Waals surface area (Å²) >= 11 is 0. The molecule has 7 heteroatoms. The van der Waals surface area contributed by atoms with Gasteiger partial charge in [0, 0.05) is 12.0 Å². The number of hydrogen-bond donors (Lipinski definition) is 1. The Morgan fingerprint density at radius 2 is 1.90 bits per heavy atom. The first kappa shape index (κ1) is 12.5. The van der Waals surface area contributed by atoms with Gasteiger partial charge in [0.25, 0.3) is 0 Å². The standard InChI is InChI=1S/C13H14N4O3/c1-18-13-16-11(15-12(14)17-13)8-3-4-9-10(7-8)20-6-2-5-19-9/h3-4,7H,2,5-6H2,1H3,(H2,14,15,16,17). The van der Waals surface area contributed by atoms with Crippen molar-refractivity contribution in [3.63, 3.8) is 0 Å².